The van der Waals surface area contributed by atoms with Gasteiger partial charge < -0.3 is 28.8 Å². The Morgan fingerprint density at radius 1 is 0.656 bits per heavy atom. The molecule has 1 fully saturated rings. The molecule has 0 aromatic carbocycles. The summed E-state index contributed by atoms with van der Waals surface area (Å²) in [6, 6.07) is 0. The molecule has 0 aliphatic carbocycles. The van der Waals surface area contributed by atoms with Gasteiger partial charge in [0.2, 0.25) is 12.4 Å². The van der Waals surface area contributed by atoms with Gasteiger partial charge in [0, 0.05) is 25.7 Å². The van der Waals surface area contributed by atoms with Crippen LogP contribution in [0.25, 0.3) is 0 Å². The van der Waals surface area contributed by atoms with Crippen LogP contribution in [-0.4, -0.2) is 65.7 Å². The Labute approximate surface area is 186 Å². The number of carbonyl (C=O) groups excluding carboxylic acids is 4. The summed E-state index contributed by atoms with van der Waals surface area (Å²) in [4.78, 5) is 60.5. The van der Waals surface area contributed by atoms with Crippen LogP contribution in [-0.2, 0) is 47.7 Å². The Kier molecular flexibility index (Phi) is 11.7. The Morgan fingerprint density at radius 2 is 1.09 bits per heavy atom. The van der Waals surface area contributed by atoms with Crippen molar-refractivity contribution in [3.05, 3.63) is 0 Å². The van der Waals surface area contributed by atoms with Gasteiger partial charge in [0.1, 0.15) is 0 Å². The first-order valence-corrected chi connectivity index (χ1v) is 10.8. The minimum Gasteiger partial charge on any atom is -0.479 e. The van der Waals surface area contributed by atoms with Gasteiger partial charge in [0.25, 0.3) is 0 Å². The Morgan fingerprint density at radius 3 is 1.53 bits per heavy atom. The monoisotopic (exact) mass is 460 g/mol. The van der Waals surface area contributed by atoms with Gasteiger partial charge in [-0.3, -0.25) is 19.2 Å². The summed E-state index contributed by atoms with van der Waals surface area (Å²) in [5, 5.41) is 9.65. The molecule has 32 heavy (non-hydrogen) atoms. The lowest BCUT2D eigenvalue weighted by atomic mass is 9.97. The van der Waals surface area contributed by atoms with Crippen LogP contribution in [0.5, 0.6) is 0 Å². The summed E-state index contributed by atoms with van der Waals surface area (Å²) in [6.45, 7) is 6.70. The highest BCUT2D eigenvalue weighted by atomic mass is 16.7. The SMILES string of the molecule is CCCC(=O)O[C@@H]1O[C@H](C(=O)O)[C@@H](OC(=O)CC)[C@H](OC(=O)CCC)[C@H]1OC(=O)CCC. The molecule has 0 saturated carbocycles. The van der Waals surface area contributed by atoms with Crippen molar-refractivity contribution < 1.29 is 52.8 Å². The van der Waals surface area contributed by atoms with Crippen molar-refractivity contribution in [3.63, 3.8) is 0 Å². The van der Waals surface area contributed by atoms with Gasteiger partial charge in [-0.15, -0.1) is 0 Å². The second-order valence-electron chi connectivity index (χ2n) is 7.22. The van der Waals surface area contributed by atoms with Gasteiger partial charge in [-0.1, -0.05) is 27.7 Å². The molecular weight excluding hydrogens is 428 g/mol. The van der Waals surface area contributed by atoms with Crippen LogP contribution < -0.4 is 0 Å². The van der Waals surface area contributed by atoms with Gasteiger partial charge in [-0.25, -0.2) is 4.79 Å². The maximum absolute atomic E-state index is 12.3. The van der Waals surface area contributed by atoms with Crippen molar-refractivity contribution in [1.29, 1.82) is 0 Å². The third-order valence-corrected chi connectivity index (χ3v) is 4.44. The first kappa shape index (κ1) is 27.3. The molecule has 182 valence electrons. The minimum atomic E-state index is -1.83. The zero-order valence-corrected chi connectivity index (χ0v) is 18.9. The fraction of sp³-hybridized carbons (Fsp3) is 0.762. The van der Waals surface area contributed by atoms with E-state index in [1.807, 2.05) is 0 Å². The molecule has 1 aliphatic heterocycles. The van der Waals surface area contributed by atoms with Gasteiger partial charge in [-0.2, -0.15) is 0 Å². The predicted octanol–water partition coefficient (Wildman–Crippen LogP) is 1.88. The maximum Gasteiger partial charge on any atom is 0.337 e. The molecule has 1 rings (SSSR count). The summed E-state index contributed by atoms with van der Waals surface area (Å²) >= 11 is 0. The lowest BCUT2D eigenvalue weighted by Crippen LogP contribution is -2.64. The van der Waals surface area contributed by atoms with Crippen LogP contribution in [0.2, 0.25) is 0 Å². The normalized spacial score (nSPS) is 24.8. The fourth-order valence-corrected chi connectivity index (χ4v) is 2.95. The van der Waals surface area contributed by atoms with Crippen molar-refractivity contribution >= 4 is 29.8 Å². The van der Waals surface area contributed by atoms with Gasteiger partial charge in [0.05, 0.1) is 0 Å². The van der Waals surface area contributed by atoms with E-state index in [9.17, 15) is 29.1 Å². The maximum atomic E-state index is 12.3. The van der Waals surface area contributed by atoms with Crippen molar-refractivity contribution in [3.8, 4) is 0 Å². The molecule has 1 aliphatic rings. The third kappa shape index (κ3) is 8.10. The number of carbonyl (C=O) groups is 5. The second-order valence-corrected chi connectivity index (χ2v) is 7.22. The van der Waals surface area contributed by atoms with E-state index in [0.717, 1.165) is 0 Å². The number of carboxylic acid groups (broad SMARTS) is 1. The molecule has 1 saturated heterocycles. The average molecular weight is 460 g/mol. The molecule has 1 N–H and O–H groups in total. The Bertz CT molecular complexity index is 675. The minimum absolute atomic E-state index is 0.00175. The van der Waals surface area contributed by atoms with E-state index >= 15 is 0 Å². The quantitative estimate of drug-likeness (QED) is 0.335. The molecule has 5 atom stereocenters. The van der Waals surface area contributed by atoms with Crippen molar-refractivity contribution in [2.75, 3.05) is 0 Å². The Balaban J connectivity index is 3.41. The summed E-state index contributed by atoms with van der Waals surface area (Å²) in [5.41, 5.74) is 0. The van der Waals surface area contributed by atoms with Gasteiger partial charge in [-0.05, 0) is 19.3 Å². The summed E-state index contributed by atoms with van der Waals surface area (Å²) < 4.78 is 26.6. The highest BCUT2D eigenvalue weighted by Gasteiger charge is 2.56. The smallest absolute Gasteiger partial charge is 0.337 e. The number of hydrogen-bond donors (Lipinski definition) is 1. The molecule has 0 aromatic rings. The molecule has 1 heterocycles. The van der Waals surface area contributed by atoms with Gasteiger partial charge >= 0.3 is 29.8 Å². The van der Waals surface area contributed by atoms with Crippen LogP contribution in [0.3, 0.4) is 0 Å². The standard InChI is InChI=1S/C21H32O11/c1-5-9-13(23)29-17-16(28-12(22)8-4)18(20(26)27)32-21(31-15(25)11-7-3)19(17)30-14(24)10-6-2/h16-19,21H,5-11H2,1-4H3,(H,26,27)/t16-,17-,18-,19+,21+/m0/s1. The summed E-state index contributed by atoms with van der Waals surface area (Å²) in [5.74, 6) is -4.47. The van der Waals surface area contributed by atoms with Crippen LogP contribution in [0, 0.1) is 0 Å². The number of rotatable bonds is 12. The molecule has 0 spiro atoms. The molecule has 11 heteroatoms. The number of aliphatic carboxylic acids is 1. The molecule has 0 radical (unpaired) electrons. The zero-order chi connectivity index (χ0) is 24.3. The van der Waals surface area contributed by atoms with E-state index < -0.39 is 60.6 Å². The van der Waals surface area contributed by atoms with E-state index in [-0.39, 0.29) is 25.7 Å². The topological polar surface area (TPSA) is 152 Å². The molecule has 11 nitrogen and oxygen atoms in total. The van der Waals surface area contributed by atoms with E-state index in [4.69, 9.17) is 23.7 Å². The largest absolute Gasteiger partial charge is 0.479 e. The second kappa shape index (κ2) is 13.7. The average Bonchev–Trinajstić information content (AvgIpc) is 2.72. The fourth-order valence-electron chi connectivity index (χ4n) is 2.95. The van der Waals surface area contributed by atoms with Crippen molar-refractivity contribution in [1.82, 2.24) is 0 Å². The van der Waals surface area contributed by atoms with E-state index in [2.05, 4.69) is 0 Å². The van der Waals surface area contributed by atoms with Crippen LogP contribution >= 0.6 is 0 Å². The lowest BCUT2D eigenvalue weighted by Gasteiger charge is -2.42. The third-order valence-electron chi connectivity index (χ3n) is 4.44. The summed E-state index contributed by atoms with van der Waals surface area (Å²) in [7, 11) is 0. The van der Waals surface area contributed by atoms with Crippen molar-refractivity contribution in [2.45, 2.75) is 103 Å². The molecule has 0 unspecified atom stereocenters. The molecule has 0 bridgehead atoms. The molecular formula is C21H32O11. The Hall–Kier alpha value is -2.69. The molecule has 0 aromatic heterocycles. The number of esters is 4. The highest BCUT2D eigenvalue weighted by molar-refractivity contribution is 5.76. The number of carboxylic acids is 1. The van der Waals surface area contributed by atoms with Crippen LogP contribution in [0.15, 0.2) is 0 Å². The first-order valence-electron chi connectivity index (χ1n) is 10.8. The van der Waals surface area contributed by atoms with E-state index in [1.165, 1.54) is 6.92 Å². The van der Waals surface area contributed by atoms with E-state index in [1.54, 1.807) is 20.8 Å². The van der Waals surface area contributed by atoms with Crippen LogP contribution in [0.1, 0.15) is 72.6 Å². The molecule has 0 amide bonds. The van der Waals surface area contributed by atoms with Gasteiger partial charge in [0.15, 0.2) is 18.3 Å². The van der Waals surface area contributed by atoms with Crippen LogP contribution in [0.4, 0.5) is 0 Å². The number of ether oxygens (including phenoxy) is 5. The predicted molar refractivity (Wildman–Crippen MR) is 107 cm³/mol. The summed E-state index contributed by atoms with van der Waals surface area (Å²) in [6.07, 6.45) is -6.99. The van der Waals surface area contributed by atoms with Crippen molar-refractivity contribution in [2.24, 2.45) is 0 Å². The number of hydrogen-bond acceptors (Lipinski definition) is 10. The zero-order valence-electron chi connectivity index (χ0n) is 18.9. The first-order chi connectivity index (χ1) is 15.2. The highest BCUT2D eigenvalue weighted by Crippen LogP contribution is 2.31. The lowest BCUT2D eigenvalue weighted by molar-refractivity contribution is -0.295. The van der Waals surface area contributed by atoms with E-state index in [0.29, 0.717) is 19.3 Å².